The zero-order chi connectivity index (χ0) is 6.24. The molecular formula is C7H8O. The van der Waals surface area contributed by atoms with Crippen LogP contribution in [0.5, 0.6) is 0 Å². The fourth-order valence-electron chi connectivity index (χ4n) is 0.248. The summed E-state index contributed by atoms with van der Waals surface area (Å²) in [6.07, 6.45) is 4.46. The average Bonchev–Trinajstić information content (AvgIpc) is 1.81. The van der Waals surface area contributed by atoms with Gasteiger partial charge in [0.25, 0.3) is 0 Å². The van der Waals surface area contributed by atoms with Crippen LogP contribution in [0.25, 0.3) is 0 Å². The first-order valence-electron chi connectivity index (χ1n) is 2.50. The predicted molar refractivity (Wildman–Crippen MR) is 33.3 cm³/mol. The lowest BCUT2D eigenvalue weighted by Gasteiger charge is -1.63. The van der Waals surface area contributed by atoms with Crippen molar-refractivity contribution < 1.29 is 4.79 Å². The summed E-state index contributed by atoms with van der Waals surface area (Å²) in [5, 5.41) is 0. The standard InChI is InChI=1S/C7H8O/c1-2-3-4-5-6-7-8/h5-7H,2H2,1H3/b6-5+. The molecule has 0 radical (unpaired) electrons. The maximum absolute atomic E-state index is 9.61. The van der Waals surface area contributed by atoms with Crippen molar-refractivity contribution in [3.63, 3.8) is 0 Å². The third-order valence-corrected chi connectivity index (χ3v) is 0.537. The average molecular weight is 108 g/mol. The van der Waals surface area contributed by atoms with E-state index in [0.29, 0.717) is 6.29 Å². The molecule has 0 unspecified atom stereocenters. The molecule has 0 aromatic heterocycles. The second-order valence-electron chi connectivity index (χ2n) is 1.17. The summed E-state index contributed by atoms with van der Waals surface area (Å²) in [7, 11) is 0. The third kappa shape index (κ3) is 4.97. The Labute approximate surface area is 49.4 Å². The van der Waals surface area contributed by atoms with Crippen molar-refractivity contribution in [1.82, 2.24) is 0 Å². The second kappa shape index (κ2) is 5.97. The molecule has 0 amide bonds. The van der Waals surface area contributed by atoms with Gasteiger partial charge in [-0.05, 0) is 12.2 Å². The van der Waals surface area contributed by atoms with Crippen LogP contribution in [0.2, 0.25) is 0 Å². The number of aldehydes is 1. The molecule has 0 aromatic carbocycles. The number of hydrogen-bond donors (Lipinski definition) is 0. The monoisotopic (exact) mass is 108 g/mol. The SMILES string of the molecule is CCC#C/C=C/C=O. The molecule has 42 valence electrons. The van der Waals surface area contributed by atoms with Gasteiger partial charge in [0.1, 0.15) is 6.29 Å². The van der Waals surface area contributed by atoms with E-state index in [1.165, 1.54) is 12.2 Å². The van der Waals surface area contributed by atoms with Crippen LogP contribution in [-0.2, 0) is 4.79 Å². The molecule has 0 heterocycles. The van der Waals surface area contributed by atoms with E-state index in [1.54, 1.807) is 0 Å². The highest BCUT2D eigenvalue weighted by Gasteiger charge is 1.58. The van der Waals surface area contributed by atoms with Crippen LogP contribution < -0.4 is 0 Å². The second-order valence-corrected chi connectivity index (χ2v) is 1.17. The minimum atomic E-state index is 0.713. The van der Waals surface area contributed by atoms with Gasteiger partial charge in [-0.15, -0.1) is 0 Å². The molecule has 0 N–H and O–H groups in total. The minimum Gasteiger partial charge on any atom is -0.299 e. The third-order valence-electron chi connectivity index (χ3n) is 0.537. The van der Waals surface area contributed by atoms with Gasteiger partial charge < -0.3 is 0 Å². The molecule has 0 aliphatic heterocycles. The first-order valence-corrected chi connectivity index (χ1v) is 2.50. The van der Waals surface area contributed by atoms with Gasteiger partial charge in [-0.25, -0.2) is 0 Å². The number of hydrogen-bond acceptors (Lipinski definition) is 1. The van der Waals surface area contributed by atoms with E-state index >= 15 is 0 Å². The maximum Gasteiger partial charge on any atom is 0.143 e. The molecule has 0 atom stereocenters. The van der Waals surface area contributed by atoms with Gasteiger partial charge in [-0.3, -0.25) is 4.79 Å². The maximum atomic E-state index is 9.61. The summed E-state index contributed by atoms with van der Waals surface area (Å²) in [4.78, 5) is 9.61. The van der Waals surface area contributed by atoms with Crippen molar-refractivity contribution in [2.24, 2.45) is 0 Å². The fraction of sp³-hybridized carbons (Fsp3) is 0.286. The van der Waals surface area contributed by atoms with Gasteiger partial charge in [-0.2, -0.15) is 0 Å². The lowest BCUT2D eigenvalue weighted by molar-refractivity contribution is -0.104. The number of rotatable bonds is 1. The minimum absolute atomic E-state index is 0.713. The molecule has 1 heteroatoms. The van der Waals surface area contributed by atoms with Gasteiger partial charge >= 0.3 is 0 Å². The normalized spacial score (nSPS) is 8.12. The van der Waals surface area contributed by atoms with Crippen LogP contribution in [0, 0.1) is 11.8 Å². The van der Waals surface area contributed by atoms with Crippen LogP contribution >= 0.6 is 0 Å². The summed E-state index contributed by atoms with van der Waals surface area (Å²) in [5.74, 6) is 5.46. The van der Waals surface area contributed by atoms with E-state index in [4.69, 9.17) is 0 Å². The molecule has 0 fully saturated rings. The van der Waals surface area contributed by atoms with Crippen molar-refractivity contribution in [1.29, 1.82) is 0 Å². The van der Waals surface area contributed by atoms with Crippen LogP contribution in [-0.4, -0.2) is 6.29 Å². The first kappa shape index (κ1) is 6.97. The molecule has 1 nitrogen and oxygen atoms in total. The summed E-state index contributed by atoms with van der Waals surface area (Å²) in [5.41, 5.74) is 0. The predicted octanol–water partition coefficient (Wildman–Crippen LogP) is 1.15. The van der Waals surface area contributed by atoms with Crippen LogP contribution in [0.1, 0.15) is 13.3 Å². The number of carbonyl (C=O) groups excluding carboxylic acids is 1. The molecule has 8 heavy (non-hydrogen) atoms. The van der Waals surface area contributed by atoms with Gasteiger partial charge in [0.15, 0.2) is 0 Å². The first-order chi connectivity index (χ1) is 3.91. The number of allylic oxidation sites excluding steroid dienone is 2. The summed E-state index contributed by atoms with van der Waals surface area (Å²) < 4.78 is 0. The quantitative estimate of drug-likeness (QED) is 0.280. The zero-order valence-electron chi connectivity index (χ0n) is 4.85. The molecule has 0 aliphatic carbocycles. The number of carbonyl (C=O) groups is 1. The molecule has 0 rings (SSSR count). The summed E-state index contributed by atoms with van der Waals surface area (Å²) >= 11 is 0. The lowest BCUT2D eigenvalue weighted by atomic mass is 10.4. The van der Waals surface area contributed by atoms with Crippen molar-refractivity contribution in [2.75, 3.05) is 0 Å². The molecule has 0 saturated carbocycles. The molecule has 0 saturated heterocycles. The van der Waals surface area contributed by atoms with E-state index in [1.807, 2.05) is 6.92 Å². The van der Waals surface area contributed by atoms with E-state index in [-0.39, 0.29) is 0 Å². The van der Waals surface area contributed by atoms with Crippen LogP contribution in [0.3, 0.4) is 0 Å². The van der Waals surface area contributed by atoms with Crippen molar-refractivity contribution in [2.45, 2.75) is 13.3 Å². The van der Waals surface area contributed by atoms with Gasteiger partial charge in [0.05, 0.1) is 0 Å². The molecule has 0 aliphatic rings. The lowest BCUT2D eigenvalue weighted by Crippen LogP contribution is -1.56. The topological polar surface area (TPSA) is 17.1 Å². The van der Waals surface area contributed by atoms with Crippen molar-refractivity contribution in [3.8, 4) is 11.8 Å². The van der Waals surface area contributed by atoms with Crippen molar-refractivity contribution >= 4 is 6.29 Å². The van der Waals surface area contributed by atoms with E-state index < -0.39 is 0 Å². The highest BCUT2D eigenvalue weighted by atomic mass is 16.1. The highest BCUT2D eigenvalue weighted by Crippen LogP contribution is 1.67. The van der Waals surface area contributed by atoms with Gasteiger partial charge in [-0.1, -0.05) is 18.8 Å². The fourth-order valence-corrected chi connectivity index (χ4v) is 0.248. The van der Waals surface area contributed by atoms with Crippen molar-refractivity contribution in [3.05, 3.63) is 12.2 Å². The van der Waals surface area contributed by atoms with E-state index in [2.05, 4.69) is 11.8 Å². The Morgan fingerprint density at radius 3 is 2.88 bits per heavy atom. The Balaban J connectivity index is 3.40. The van der Waals surface area contributed by atoms with Gasteiger partial charge in [0.2, 0.25) is 0 Å². The molecule has 0 aromatic rings. The largest absolute Gasteiger partial charge is 0.299 e. The Morgan fingerprint density at radius 2 is 2.38 bits per heavy atom. The summed E-state index contributed by atoms with van der Waals surface area (Å²) in [6.45, 7) is 1.96. The van der Waals surface area contributed by atoms with Gasteiger partial charge in [0, 0.05) is 6.42 Å². The Hall–Kier alpha value is -1.03. The van der Waals surface area contributed by atoms with Crippen LogP contribution in [0.4, 0.5) is 0 Å². The molecule has 0 spiro atoms. The summed E-state index contributed by atoms with van der Waals surface area (Å²) in [6, 6.07) is 0. The molecular weight excluding hydrogens is 100 g/mol. The zero-order valence-corrected chi connectivity index (χ0v) is 4.85. The van der Waals surface area contributed by atoms with Crippen LogP contribution in [0.15, 0.2) is 12.2 Å². The Bertz CT molecular complexity index is 134. The smallest absolute Gasteiger partial charge is 0.143 e. The molecule has 0 bridgehead atoms. The highest BCUT2D eigenvalue weighted by molar-refractivity contribution is 5.65. The van der Waals surface area contributed by atoms with E-state index in [0.717, 1.165) is 6.42 Å². The van der Waals surface area contributed by atoms with E-state index in [9.17, 15) is 4.79 Å². The Morgan fingerprint density at radius 1 is 1.62 bits per heavy atom. The Kier molecular flexibility index (Phi) is 5.20.